The number of fused-ring (bicyclic) bond motifs is 2. The van der Waals surface area contributed by atoms with E-state index >= 15 is 0 Å². The number of hydrogen-bond acceptors (Lipinski definition) is 0. The molecule has 0 heterocycles. The van der Waals surface area contributed by atoms with Crippen LogP contribution in [-0.2, 0) is 6.42 Å². The molecule has 2 aromatic carbocycles. The molecule has 0 spiro atoms. The van der Waals surface area contributed by atoms with Crippen LogP contribution in [0.4, 0.5) is 0 Å². The lowest BCUT2D eigenvalue weighted by Crippen LogP contribution is -2.08. The molecule has 1 atom stereocenters. The summed E-state index contributed by atoms with van der Waals surface area (Å²) in [6, 6.07) is 15.9. The Morgan fingerprint density at radius 3 is 2.52 bits per heavy atom. The summed E-state index contributed by atoms with van der Waals surface area (Å²) in [4.78, 5) is 0. The van der Waals surface area contributed by atoms with E-state index in [4.69, 9.17) is 33.2 Å². The largest absolute Gasteiger partial charge is 0.341 e. The van der Waals surface area contributed by atoms with Crippen LogP contribution in [0.5, 0.6) is 0 Å². The molecule has 2 aliphatic rings. The van der Waals surface area contributed by atoms with Gasteiger partial charge in [0.15, 0.2) is 0 Å². The quantitative estimate of drug-likeness (QED) is 0.246. The second-order valence-corrected chi connectivity index (χ2v) is 16.9. The van der Waals surface area contributed by atoms with E-state index in [0.717, 1.165) is 31.7 Å². The highest BCUT2D eigenvalue weighted by molar-refractivity contribution is 7.64. The Kier molecular flexibility index (Phi) is 5.58. The molecule has 0 N–H and O–H groups in total. The highest BCUT2D eigenvalue weighted by atomic mass is 35.8. The summed E-state index contributed by atoms with van der Waals surface area (Å²) >= 11 is 18.2. The number of halogens is 3. The van der Waals surface area contributed by atoms with Gasteiger partial charge in [0, 0.05) is 5.92 Å². The zero-order valence-corrected chi connectivity index (χ0v) is 18.7. The third kappa shape index (κ3) is 4.07. The van der Waals surface area contributed by atoms with Crippen molar-refractivity contribution in [1.82, 2.24) is 0 Å². The van der Waals surface area contributed by atoms with Crippen molar-refractivity contribution >= 4 is 50.9 Å². The Morgan fingerprint density at radius 2 is 1.70 bits per heavy atom. The van der Waals surface area contributed by atoms with Crippen molar-refractivity contribution in [2.24, 2.45) is 0 Å². The van der Waals surface area contributed by atoms with Crippen molar-refractivity contribution < 1.29 is 0 Å². The van der Waals surface area contributed by atoms with Crippen LogP contribution < -0.4 is 0 Å². The topological polar surface area (TPSA) is 0 Å². The van der Waals surface area contributed by atoms with Crippen LogP contribution in [0.2, 0.25) is 6.04 Å². The van der Waals surface area contributed by atoms with Gasteiger partial charge in [0.05, 0.1) is 0 Å². The Balaban J connectivity index is 1.65. The van der Waals surface area contributed by atoms with E-state index < -0.39 is 6.00 Å². The summed E-state index contributed by atoms with van der Waals surface area (Å²) in [5, 5.41) is 0. The van der Waals surface area contributed by atoms with E-state index in [2.05, 4.69) is 61.5 Å². The third-order valence-corrected chi connectivity index (χ3v) is 8.36. The number of rotatable bonds is 6. The summed E-state index contributed by atoms with van der Waals surface area (Å²) in [7, 11) is 0. The van der Waals surface area contributed by atoms with Gasteiger partial charge in [-0.2, -0.15) is 0 Å². The highest BCUT2D eigenvalue weighted by Gasteiger charge is 2.32. The Morgan fingerprint density at radius 1 is 0.963 bits per heavy atom. The first kappa shape index (κ1) is 19.3. The van der Waals surface area contributed by atoms with Gasteiger partial charge in [-0.15, -0.1) is 33.2 Å². The van der Waals surface area contributed by atoms with E-state index in [0.29, 0.717) is 5.92 Å². The van der Waals surface area contributed by atoms with Gasteiger partial charge in [-0.1, -0.05) is 72.2 Å². The van der Waals surface area contributed by atoms with E-state index in [-0.39, 0.29) is 0 Å². The first-order valence-electron chi connectivity index (χ1n) is 9.58. The van der Waals surface area contributed by atoms with Crippen LogP contribution in [0.25, 0.3) is 11.6 Å². The lowest BCUT2D eigenvalue weighted by molar-refractivity contribution is 0.811. The minimum Gasteiger partial charge on any atom is -0.126 e. The lowest BCUT2D eigenvalue weighted by atomic mass is 9.85. The smallest absolute Gasteiger partial charge is 0.126 e. The summed E-state index contributed by atoms with van der Waals surface area (Å²) in [5.74, 6) is 0.408. The van der Waals surface area contributed by atoms with Crippen molar-refractivity contribution in [3.8, 4) is 0 Å². The molecule has 0 saturated heterocycles. The Bertz CT molecular complexity index is 921. The molecular weight excluding hydrogens is 411 g/mol. The second kappa shape index (κ2) is 7.79. The van der Waals surface area contributed by atoms with Crippen LogP contribution >= 0.6 is 33.2 Å². The first-order chi connectivity index (χ1) is 12.9. The molecule has 1 unspecified atom stereocenters. The Hall–Kier alpha value is -0.993. The van der Waals surface area contributed by atoms with Gasteiger partial charge in [-0.25, -0.2) is 0 Å². The van der Waals surface area contributed by atoms with Gasteiger partial charge in [0.1, 0.15) is 0 Å². The fraction of sp³-hybridized carbons (Fsp3) is 0.304. The lowest BCUT2D eigenvalue weighted by Gasteiger charge is -2.19. The molecule has 0 aromatic heterocycles. The molecule has 0 saturated carbocycles. The molecular formula is C23H23Cl3Si. The van der Waals surface area contributed by atoms with E-state index in [9.17, 15) is 0 Å². The predicted molar refractivity (Wildman–Crippen MR) is 122 cm³/mol. The van der Waals surface area contributed by atoms with Crippen LogP contribution in [-0.4, -0.2) is 6.00 Å². The monoisotopic (exact) mass is 432 g/mol. The molecule has 0 fully saturated rings. The standard InChI is InChI=1S/C23H23Cl3Si/c1-16-14-17-8-3-5-11-20(17)23(16)22-15-18-9-2-4-10-19(18)21(22)12-6-7-13-27(24,25)26/h2-5,8-11,14,23H,6-7,12-13,15H2,1H3. The summed E-state index contributed by atoms with van der Waals surface area (Å²) in [6.07, 6.45) is 6.52. The molecule has 0 amide bonds. The zero-order valence-electron chi connectivity index (χ0n) is 15.4. The van der Waals surface area contributed by atoms with E-state index in [1.165, 1.54) is 33.4 Å². The molecule has 2 aliphatic carbocycles. The van der Waals surface area contributed by atoms with Gasteiger partial charge < -0.3 is 0 Å². The highest BCUT2D eigenvalue weighted by Crippen LogP contribution is 2.49. The Labute approximate surface area is 177 Å². The average Bonchev–Trinajstić information content (AvgIpc) is 3.14. The zero-order chi connectivity index (χ0) is 19.0. The van der Waals surface area contributed by atoms with Gasteiger partial charge in [0.25, 0.3) is 0 Å². The number of allylic oxidation sites excluding steroid dienone is 3. The summed E-state index contributed by atoms with van der Waals surface area (Å²) in [5.41, 5.74) is 10.2. The molecule has 0 bridgehead atoms. The van der Waals surface area contributed by atoms with Crippen molar-refractivity contribution in [1.29, 1.82) is 0 Å². The summed E-state index contributed by atoms with van der Waals surface area (Å²) in [6.45, 7) is 2.27. The van der Waals surface area contributed by atoms with Crippen molar-refractivity contribution in [2.75, 3.05) is 0 Å². The molecule has 0 radical (unpaired) electrons. The van der Waals surface area contributed by atoms with Crippen LogP contribution in [0, 0.1) is 0 Å². The average molecular weight is 434 g/mol. The molecule has 0 aliphatic heterocycles. The van der Waals surface area contributed by atoms with Crippen molar-refractivity contribution in [3.63, 3.8) is 0 Å². The van der Waals surface area contributed by atoms with Gasteiger partial charge in [-0.3, -0.25) is 0 Å². The molecule has 2 aromatic rings. The summed E-state index contributed by atoms with van der Waals surface area (Å²) < 4.78 is 0. The van der Waals surface area contributed by atoms with Crippen LogP contribution in [0.15, 0.2) is 59.7 Å². The number of hydrogen-bond donors (Lipinski definition) is 0. The fourth-order valence-corrected chi connectivity index (χ4v) is 6.45. The van der Waals surface area contributed by atoms with Crippen LogP contribution in [0.3, 0.4) is 0 Å². The maximum atomic E-state index is 6.07. The maximum Gasteiger partial charge on any atom is 0.341 e. The predicted octanol–water partition coefficient (Wildman–Crippen LogP) is 8.02. The van der Waals surface area contributed by atoms with E-state index in [1.54, 1.807) is 5.57 Å². The third-order valence-electron chi connectivity index (χ3n) is 5.74. The van der Waals surface area contributed by atoms with Crippen molar-refractivity contribution in [2.45, 2.75) is 44.6 Å². The number of benzene rings is 2. The molecule has 4 rings (SSSR count). The van der Waals surface area contributed by atoms with E-state index in [1.807, 2.05) is 0 Å². The first-order valence-corrected chi connectivity index (χ1v) is 14.8. The minimum atomic E-state index is -2.52. The SMILES string of the molecule is CC1=Cc2ccccc2C1C1=C(CCCC[Si](Cl)(Cl)Cl)c2ccccc2C1. The minimum absolute atomic E-state index is 0.408. The number of unbranched alkanes of at least 4 members (excludes halogenated alkanes) is 1. The molecule has 27 heavy (non-hydrogen) atoms. The van der Waals surface area contributed by atoms with Gasteiger partial charge >= 0.3 is 6.00 Å². The maximum absolute atomic E-state index is 6.07. The fourth-order valence-electron chi connectivity index (χ4n) is 4.59. The van der Waals surface area contributed by atoms with Gasteiger partial charge in [0.2, 0.25) is 0 Å². The normalized spacial score (nSPS) is 18.5. The second-order valence-electron chi connectivity index (χ2n) is 7.61. The molecule has 140 valence electrons. The molecule has 4 heteroatoms. The van der Waals surface area contributed by atoms with Crippen molar-refractivity contribution in [3.05, 3.63) is 81.9 Å². The molecule has 0 nitrogen and oxygen atoms in total. The van der Waals surface area contributed by atoms with Crippen LogP contribution in [0.1, 0.15) is 54.4 Å². The van der Waals surface area contributed by atoms with Gasteiger partial charge in [-0.05, 0) is 60.1 Å².